The molecule has 0 bridgehead atoms. The molecule has 17 heavy (non-hydrogen) atoms. The molecule has 0 saturated heterocycles. The summed E-state index contributed by atoms with van der Waals surface area (Å²) in [6.45, 7) is 1.95. The van der Waals surface area contributed by atoms with Crippen molar-refractivity contribution < 1.29 is 18.3 Å². The molecule has 6 heteroatoms. The van der Waals surface area contributed by atoms with Crippen LogP contribution in [-0.4, -0.2) is 31.3 Å². The van der Waals surface area contributed by atoms with E-state index in [0.717, 1.165) is 25.7 Å². The Labute approximate surface area is 103 Å². The Morgan fingerprint density at radius 2 is 2.12 bits per heavy atom. The highest BCUT2D eigenvalue weighted by Crippen LogP contribution is 2.27. The molecule has 2 N–H and O–H groups in total. The fraction of sp³-hybridized carbons (Fsp3) is 0.909. The van der Waals surface area contributed by atoms with Crippen LogP contribution in [0.5, 0.6) is 0 Å². The van der Waals surface area contributed by atoms with Crippen molar-refractivity contribution in [2.75, 3.05) is 5.75 Å². The van der Waals surface area contributed by atoms with Gasteiger partial charge in [-0.25, -0.2) is 13.1 Å². The molecule has 0 heterocycles. The van der Waals surface area contributed by atoms with Gasteiger partial charge >= 0.3 is 5.97 Å². The molecule has 1 aliphatic rings. The van der Waals surface area contributed by atoms with Gasteiger partial charge in [0.2, 0.25) is 10.0 Å². The number of carbonyl (C=O) groups is 1. The number of carboxylic acid groups (broad SMARTS) is 1. The normalized spacial score (nSPS) is 18.6. The highest BCUT2D eigenvalue weighted by atomic mass is 32.2. The summed E-state index contributed by atoms with van der Waals surface area (Å²) < 4.78 is 25.8. The van der Waals surface area contributed by atoms with Gasteiger partial charge in [-0.2, -0.15) is 0 Å². The second-order valence-corrected chi connectivity index (χ2v) is 6.53. The highest BCUT2D eigenvalue weighted by molar-refractivity contribution is 7.89. The first kappa shape index (κ1) is 14.4. The van der Waals surface area contributed by atoms with E-state index in [1.165, 1.54) is 0 Å². The third kappa shape index (κ3) is 5.04. The number of nitrogens with one attached hydrogen (secondary N) is 1. The standard InChI is InChI=1S/C11H21NO4S/c1-2-3-7-10(11(13)14)12-17(15,16)8-9-5-4-6-9/h9-10,12H,2-8H2,1H3,(H,13,14). The van der Waals surface area contributed by atoms with Crippen molar-refractivity contribution in [1.82, 2.24) is 4.72 Å². The third-order valence-corrected chi connectivity index (χ3v) is 4.70. The molecule has 1 aliphatic carbocycles. The zero-order valence-corrected chi connectivity index (χ0v) is 11.0. The number of sulfonamides is 1. The Hall–Kier alpha value is -0.620. The van der Waals surface area contributed by atoms with Crippen molar-refractivity contribution in [3.05, 3.63) is 0 Å². The van der Waals surface area contributed by atoms with Crippen LogP contribution in [0.3, 0.4) is 0 Å². The van der Waals surface area contributed by atoms with E-state index in [1.54, 1.807) is 0 Å². The summed E-state index contributed by atoms with van der Waals surface area (Å²) in [7, 11) is -3.45. The first-order valence-corrected chi connectivity index (χ1v) is 7.82. The number of unbranched alkanes of at least 4 members (excludes halogenated alkanes) is 1. The Morgan fingerprint density at radius 1 is 1.47 bits per heavy atom. The summed E-state index contributed by atoms with van der Waals surface area (Å²) >= 11 is 0. The average Bonchev–Trinajstić information content (AvgIpc) is 2.18. The Kier molecular flexibility index (Phi) is 5.39. The highest BCUT2D eigenvalue weighted by Gasteiger charge is 2.28. The lowest BCUT2D eigenvalue weighted by molar-refractivity contribution is -0.139. The number of aliphatic carboxylic acids is 1. The minimum absolute atomic E-state index is 0.0723. The molecule has 1 fully saturated rings. The van der Waals surface area contributed by atoms with Gasteiger partial charge in [0.1, 0.15) is 6.04 Å². The Balaban J connectivity index is 2.48. The largest absolute Gasteiger partial charge is 0.480 e. The van der Waals surface area contributed by atoms with Crippen molar-refractivity contribution >= 4 is 16.0 Å². The second kappa shape index (κ2) is 6.35. The predicted octanol–water partition coefficient (Wildman–Crippen LogP) is 1.35. The van der Waals surface area contributed by atoms with E-state index in [4.69, 9.17) is 5.11 Å². The van der Waals surface area contributed by atoms with E-state index < -0.39 is 22.0 Å². The van der Waals surface area contributed by atoms with Crippen LogP contribution in [0.2, 0.25) is 0 Å². The van der Waals surface area contributed by atoms with Crippen LogP contribution >= 0.6 is 0 Å². The van der Waals surface area contributed by atoms with Gasteiger partial charge in [-0.05, 0) is 25.2 Å². The fourth-order valence-electron chi connectivity index (χ4n) is 1.88. The van der Waals surface area contributed by atoms with E-state index in [9.17, 15) is 13.2 Å². The number of hydrogen-bond acceptors (Lipinski definition) is 3. The van der Waals surface area contributed by atoms with E-state index >= 15 is 0 Å². The topological polar surface area (TPSA) is 83.5 Å². The first-order valence-electron chi connectivity index (χ1n) is 6.17. The summed E-state index contributed by atoms with van der Waals surface area (Å²) in [5.74, 6) is -0.799. The number of hydrogen-bond donors (Lipinski definition) is 2. The lowest BCUT2D eigenvalue weighted by Gasteiger charge is -2.25. The van der Waals surface area contributed by atoms with Crippen LogP contribution in [0, 0.1) is 5.92 Å². The molecule has 100 valence electrons. The lowest BCUT2D eigenvalue weighted by atomic mass is 9.87. The molecular weight excluding hydrogens is 242 g/mol. The zero-order chi connectivity index (χ0) is 12.9. The van der Waals surface area contributed by atoms with Gasteiger partial charge in [0, 0.05) is 0 Å². The quantitative estimate of drug-likeness (QED) is 0.692. The van der Waals surface area contributed by atoms with Crippen molar-refractivity contribution in [2.24, 2.45) is 5.92 Å². The summed E-state index contributed by atoms with van der Waals surface area (Å²) in [5.41, 5.74) is 0. The molecule has 5 nitrogen and oxygen atoms in total. The zero-order valence-electron chi connectivity index (χ0n) is 10.2. The predicted molar refractivity (Wildman–Crippen MR) is 65.2 cm³/mol. The number of carboxylic acids is 1. The summed E-state index contributed by atoms with van der Waals surface area (Å²) in [6.07, 6.45) is 4.88. The van der Waals surface area contributed by atoms with Crippen LogP contribution in [-0.2, 0) is 14.8 Å². The minimum atomic E-state index is -3.45. The molecule has 1 saturated carbocycles. The van der Waals surface area contributed by atoms with Crippen LogP contribution < -0.4 is 4.72 Å². The van der Waals surface area contributed by atoms with E-state index in [0.29, 0.717) is 12.8 Å². The molecule has 0 radical (unpaired) electrons. The molecule has 0 aliphatic heterocycles. The van der Waals surface area contributed by atoms with E-state index in [1.807, 2.05) is 6.92 Å². The molecule has 0 spiro atoms. The molecule has 1 rings (SSSR count). The minimum Gasteiger partial charge on any atom is -0.480 e. The average molecular weight is 263 g/mol. The second-order valence-electron chi connectivity index (χ2n) is 4.73. The monoisotopic (exact) mass is 263 g/mol. The SMILES string of the molecule is CCCCC(NS(=O)(=O)CC1CCC1)C(=O)O. The smallest absolute Gasteiger partial charge is 0.321 e. The molecule has 1 atom stereocenters. The van der Waals surface area contributed by atoms with E-state index in [-0.39, 0.29) is 11.7 Å². The lowest BCUT2D eigenvalue weighted by Crippen LogP contribution is -2.43. The molecule has 1 unspecified atom stereocenters. The van der Waals surface area contributed by atoms with Gasteiger partial charge < -0.3 is 5.11 Å². The van der Waals surface area contributed by atoms with Crippen molar-refractivity contribution in [3.8, 4) is 0 Å². The van der Waals surface area contributed by atoms with Gasteiger partial charge in [-0.3, -0.25) is 4.79 Å². The van der Waals surface area contributed by atoms with Gasteiger partial charge in [0.25, 0.3) is 0 Å². The maximum Gasteiger partial charge on any atom is 0.321 e. The molecule has 0 aromatic rings. The Morgan fingerprint density at radius 3 is 2.53 bits per heavy atom. The molecular formula is C11H21NO4S. The molecule has 0 aromatic carbocycles. The van der Waals surface area contributed by atoms with Gasteiger partial charge in [0.15, 0.2) is 0 Å². The molecule has 0 amide bonds. The van der Waals surface area contributed by atoms with Crippen molar-refractivity contribution in [2.45, 2.75) is 51.5 Å². The van der Waals surface area contributed by atoms with Crippen LogP contribution in [0.25, 0.3) is 0 Å². The summed E-state index contributed by atoms with van der Waals surface area (Å²) in [5, 5.41) is 8.94. The Bertz CT molecular complexity index is 348. The summed E-state index contributed by atoms with van der Waals surface area (Å²) in [4.78, 5) is 10.9. The van der Waals surface area contributed by atoms with Crippen LogP contribution in [0.1, 0.15) is 45.4 Å². The van der Waals surface area contributed by atoms with Crippen LogP contribution in [0.4, 0.5) is 0 Å². The third-order valence-electron chi connectivity index (χ3n) is 3.15. The van der Waals surface area contributed by atoms with Crippen LogP contribution in [0.15, 0.2) is 0 Å². The van der Waals surface area contributed by atoms with Gasteiger partial charge in [0.05, 0.1) is 5.75 Å². The van der Waals surface area contributed by atoms with Crippen molar-refractivity contribution in [1.29, 1.82) is 0 Å². The molecule has 0 aromatic heterocycles. The maximum absolute atomic E-state index is 11.7. The maximum atomic E-state index is 11.7. The number of rotatable bonds is 8. The van der Waals surface area contributed by atoms with Crippen molar-refractivity contribution in [3.63, 3.8) is 0 Å². The first-order chi connectivity index (χ1) is 7.94. The fourth-order valence-corrected chi connectivity index (χ4v) is 3.58. The summed E-state index contributed by atoms with van der Waals surface area (Å²) in [6, 6.07) is -0.972. The van der Waals surface area contributed by atoms with Gasteiger partial charge in [-0.15, -0.1) is 0 Å². The van der Waals surface area contributed by atoms with E-state index in [2.05, 4.69) is 4.72 Å². The van der Waals surface area contributed by atoms with Gasteiger partial charge in [-0.1, -0.05) is 26.2 Å².